The van der Waals surface area contributed by atoms with Crippen molar-refractivity contribution in [3.8, 4) is 33.8 Å². The lowest BCUT2D eigenvalue weighted by atomic mass is 10.1. The van der Waals surface area contributed by atoms with Crippen LogP contribution in [0.1, 0.15) is 22.3 Å². The highest BCUT2D eigenvalue weighted by molar-refractivity contribution is 5.79. The van der Waals surface area contributed by atoms with E-state index in [1.807, 2.05) is 36.4 Å². The van der Waals surface area contributed by atoms with Gasteiger partial charge in [-0.1, -0.05) is 72.8 Å². The monoisotopic (exact) mass is 364 g/mol. The van der Waals surface area contributed by atoms with E-state index in [0.717, 1.165) is 24.0 Å². The van der Waals surface area contributed by atoms with E-state index < -0.39 is 0 Å². The van der Waals surface area contributed by atoms with Gasteiger partial charge in [-0.25, -0.2) is 0 Å². The van der Waals surface area contributed by atoms with Gasteiger partial charge in [-0.05, 0) is 45.5 Å². The Kier molecular flexibility index (Phi) is 3.91. The van der Waals surface area contributed by atoms with E-state index >= 15 is 0 Å². The van der Waals surface area contributed by atoms with E-state index in [2.05, 4.69) is 36.4 Å². The molecule has 0 radical (unpaired) electrons. The molecule has 0 aromatic heterocycles. The van der Waals surface area contributed by atoms with E-state index in [-0.39, 0.29) is 0 Å². The Balaban J connectivity index is 0.000000122. The number of phenols is 2. The van der Waals surface area contributed by atoms with Gasteiger partial charge in [0.2, 0.25) is 0 Å². The zero-order valence-corrected chi connectivity index (χ0v) is 15.4. The fourth-order valence-corrected chi connectivity index (χ4v) is 4.28. The van der Waals surface area contributed by atoms with Gasteiger partial charge in [0.15, 0.2) is 0 Å². The molecule has 4 aromatic rings. The zero-order chi connectivity index (χ0) is 19.1. The Morgan fingerprint density at radius 1 is 0.429 bits per heavy atom. The number of hydrogen-bond donors (Lipinski definition) is 2. The third-order valence-electron chi connectivity index (χ3n) is 5.65. The molecule has 4 aromatic carbocycles. The smallest absolute Gasteiger partial charge is 0.119 e. The summed E-state index contributed by atoms with van der Waals surface area (Å²) < 4.78 is 0. The minimum atomic E-state index is 0.415. The van der Waals surface area contributed by atoms with E-state index in [1.54, 1.807) is 12.1 Å². The molecule has 0 unspecified atom stereocenters. The highest BCUT2D eigenvalue weighted by atomic mass is 16.3. The summed E-state index contributed by atoms with van der Waals surface area (Å²) in [6.07, 6.45) is 1.72. The average Bonchev–Trinajstić information content (AvgIpc) is 3.29. The number of rotatable bonds is 0. The molecule has 6 rings (SSSR count). The molecule has 0 heterocycles. The second kappa shape index (κ2) is 6.58. The maximum absolute atomic E-state index is 9.70. The number of hydrogen-bond acceptors (Lipinski definition) is 2. The Morgan fingerprint density at radius 3 is 1.29 bits per heavy atom. The first-order valence-corrected chi connectivity index (χ1v) is 9.50. The summed E-state index contributed by atoms with van der Waals surface area (Å²) in [6.45, 7) is 0. The normalized spacial score (nSPS) is 12.3. The van der Waals surface area contributed by atoms with Gasteiger partial charge in [-0.3, -0.25) is 0 Å². The molecule has 2 aliphatic carbocycles. The average molecular weight is 364 g/mol. The molecular formula is C26H20O2. The van der Waals surface area contributed by atoms with Crippen LogP contribution in [0.5, 0.6) is 11.5 Å². The highest BCUT2D eigenvalue weighted by Crippen LogP contribution is 2.41. The van der Waals surface area contributed by atoms with Crippen molar-refractivity contribution in [1.29, 1.82) is 0 Å². The minimum absolute atomic E-state index is 0.415. The molecule has 2 aliphatic rings. The summed E-state index contributed by atoms with van der Waals surface area (Å²) in [5, 5.41) is 19.4. The van der Waals surface area contributed by atoms with E-state index in [9.17, 15) is 10.2 Å². The molecule has 2 nitrogen and oxygen atoms in total. The van der Waals surface area contributed by atoms with E-state index in [0.29, 0.717) is 11.5 Å². The van der Waals surface area contributed by atoms with Crippen LogP contribution in [0.3, 0.4) is 0 Å². The van der Waals surface area contributed by atoms with Gasteiger partial charge in [-0.2, -0.15) is 0 Å². The molecule has 0 saturated carbocycles. The van der Waals surface area contributed by atoms with Gasteiger partial charge in [0.25, 0.3) is 0 Å². The van der Waals surface area contributed by atoms with Gasteiger partial charge in [-0.15, -0.1) is 0 Å². The Morgan fingerprint density at radius 2 is 0.821 bits per heavy atom. The lowest BCUT2D eigenvalue weighted by Crippen LogP contribution is -1.80. The molecule has 0 fully saturated rings. The molecule has 2 heteroatoms. The maximum Gasteiger partial charge on any atom is 0.119 e. The number of fused-ring (bicyclic) bond motifs is 6. The van der Waals surface area contributed by atoms with Gasteiger partial charge >= 0.3 is 0 Å². The summed E-state index contributed by atoms with van der Waals surface area (Å²) >= 11 is 0. The van der Waals surface area contributed by atoms with Crippen LogP contribution < -0.4 is 0 Å². The molecule has 0 bridgehead atoms. The van der Waals surface area contributed by atoms with Crippen LogP contribution in [-0.4, -0.2) is 10.2 Å². The van der Waals surface area contributed by atoms with Gasteiger partial charge in [0.1, 0.15) is 11.5 Å². The lowest BCUT2D eigenvalue weighted by Gasteiger charge is -2.01. The second-order valence-electron chi connectivity index (χ2n) is 7.27. The van der Waals surface area contributed by atoms with Crippen molar-refractivity contribution in [1.82, 2.24) is 0 Å². The maximum atomic E-state index is 9.70. The minimum Gasteiger partial charge on any atom is -0.508 e. The third-order valence-corrected chi connectivity index (χ3v) is 5.65. The number of benzene rings is 4. The number of aromatic hydroxyl groups is 2. The molecule has 28 heavy (non-hydrogen) atoms. The van der Waals surface area contributed by atoms with Gasteiger partial charge < -0.3 is 10.2 Å². The molecule has 0 atom stereocenters. The van der Waals surface area contributed by atoms with Crippen LogP contribution in [-0.2, 0) is 12.8 Å². The summed E-state index contributed by atoms with van der Waals surface area (Å²) in [4.78, 5) is 0. The Labute approximate surface area is 164 Å². The van der Waals surface area contributed by atoms with E-state index in [1.165, 1.54) is 33.4 Å². The molecule has 2 N–H and O–H groups in total. The van der Waals surface area contributed by atoms with Crippen LogP contribution >= 0.6 is 0 Å². The zero-order valence-electron chi connectivity index (χ0n) is 15.4. The molecule has 0 amide bonds. The fraction of sp³-hybridized carbons (Fsp3) is 0.0769. The topological polar surface area (TPSA) is 40.5 Å². The van der Waals surface area contributed by atoms with E-state index in [4.69, 9.17) is 0 Å². The van der Waals surface area contributed by atoms with Crippen molar-refractivity contribution in [3.05, 3.63) is 107 Å². The summed E-state index contributed by atoms with van der Waals surface area (Å²) in [5.41, 5.74) is 9.63. The largest absolute Gasteiger partial charge is 0.508 e. The lowest BCUT2D eigenvalue weighted by molar-refractivity contribution is 0.470. The summed E-state index contributed by atoms with van der Waals surface area (Å²) in [6, 6.07) is 28.1. The Hall–Kier alpha value is -3.52. The van der Waals surface area contributed by atoms with Crippen LogP contribution in [0.4, 0.5) is 0 Å². The van der Waals surface area contributed by atoms with Crippen LogP contribution in [0.15, 0.2) is 84.9 Å². The van der Waals surface area contributed by atoms with Gasteiger partial charge in [0, 0.05) is 24.0 Å². The third kappa shape index (κ3) is 2.66. The predicted octanol–water partition coefficient (Wildman–Crippen LogP) is 5.93. The predicted molar refractivity (Wildman–Crippen MR) is 113 cm³/mol. The van der Waals surface area contributed by atoms with Crippen molar-refractivity contribution < 1.29 is 10.2 Å². The fourth-order valence-electron chi connectivity index (χ4n) is 4.28. The first-order valence-electron chi connectivity index (χ1n) is 9.50. The van der Waals surface area contributed by atoms with Crippen molar-refractivity contribution in [2.24, 2.45) is 0 Å². The van der Waals surface area contributed by atoms with Crippen LogP contribution in [0.2, 0.25) is 0 Å². The van der Waals surface area contributed by atoms with Crippen LogP contribution in [0.25, 0.3) is 22.3 Å². The molecule has 136 valence electrons. The summed E-state index contributed by atoms with van der Waals surface area (Å²) in [5.74, 6) is 0.831. The van der Waals surface area contributed by atoms with Crippen LogP contribution in [0, 0.1) is 0 Å². The molecule has 0 spiro atoms. The van der Waals surface area contributed by atoms with Crippen molar-refractivity contribution in [2.75, 3.05) is 0 Å². The second-order valence-corrected chi connectivity index (χ2v) is 7.27. The number of phenolic OH excluding ortho intramolecular Hbond substituents is 2. The quantitative estimate of drug-likeness (QED) is 0.351. The molecular weight excluding hydrogens is 344 g/mol. The standard InChI is InChI=1S/2C13H10O/c2*14-13-7-3-6-11-10-5-2-1-4-9(10)8-12(11)13/h2*1-7,14H,8H2. The highest BCUT2D eigenvalue weighted by Gasteiger charge is 2.20. The van der Waals surface area contributed by atoms with Crippen molar-refractivity contribution in [2.45, 2.75) is 12.8 Å². The first-order chi connectivity index (χ1) is 13.7. The molecule has 0 aliphatic heterocycles. The SMILES string of the molecule is Oc1cccc2c1Cc1ccccc1-2.Oc1cccc2c1Cc1ccccc1-2. The molecule has 0 saturated heterocycles. The first kappa shape index (κ1) is 16.6. The Bertz CT molecular complexity index is 1100. The van der Waals surface area contributed by atoms with Crippen molar-refractivity contribution in [3.63, 3.8) is 0 Å². The van der Waals surface area contributed by atoms with Crippen molar-refractivity contribution >= 4 is 0 Å². The van der Waals surface area contributed by atoms with Gasteiger partial charge in [0.05, 0.1) is 0 Å². The summed E-state index contributed by atoms with van der Waals surface area (Å²) in [7, 11) is 0.